The van der Waals surface area contributed by atoms with Crippen molar-refractivity contribution < 1.29 is 237 Å². The van der Waals surface area contributed by atoms with E-state index in [2.05, 4.69) is 0 Å². The van der Waals surface area contributed by atoms with Crippen molar-refractivity contribution in [2.75, 3.05) is 92.0 Å². The van der Waals surface area contributed by atoms with Crippen LogP contribution in [0, 0.1) is 0 Å². The van der Waals surface area contributed by atoms with Gasteiger partial charge in [-0.25, -0.2) is 0 Å². The van der Waals surface area contributed by atoms with E-state index in [9.17, 15) is 161 Å². The van der Waals surface area contributed by atoms with E-state index in [4.69, 9.17) is 75.8 Å². The topological polar surface area (TPSA) is 770 Å². The van der Waals surface area contributed by atoms with Gasteiger partial charge in [-0.1, -0.05) is 0 Å². The fourth-order valence-corrected chi connectivity index (χ4v) is 24.1. The van der Waals surface area contributed by atoms with E-state index >= 15 is 0 Å². The van der Waals surface area contributed by atoms with E-state index in [1.165, 1.54) is 0 Å². The number of hydrogen-bond donors (Lipinski definition) is 24. The maximum atomic E-state index is 12.4. The van der Waals surface area contributed by atoms with Crippen LogP contribution >= 0.6 is 94.1 Å². The molecule has 30 heterocycles. The molecule has 16 bridgehead atoms. The summed E-state index contributed by atoms with van der Waals surface area (Å²) >= 11 is 8.31. The number of thioether (sulfide) groups is 8. The Hall–Kier alpha value is -2.72. The SMILES string of the molecule is O=C(O)CCCSC[C@@H]1O[C@H]2O[C@@H]3[C@@H](O)[C@H](O)[C@H](O[C@@H]4[C@@H](O)[C@H](O)[C@H](O[C@@H]5[C@@H](O)[C@H](O)[C@H](O[C@@H]6[C@@H](O)[C@@H](O)[C@H](O[C@@H]7[C@@H](O)[C@H](O)[C@H](O[C@@H]8[C@@H](O)[C@H](O)[C@H](O[C@@H]9[C@@H](O)[C@H](O)[C@H](O[C@@H]1[C@@H](O)[C@@H]2O)O[C@H]9CSCCCC(=O)O)O[C@H]8CSCCCC(=O)O)O[C@H]7CSCCCC(=O)O)O[C@H]6CSCCCC(=O)O)O[C@H]5CSCCCC(=O)O)O[C@H]4CSCCCC(=O)O)O[C@H]3CSCCCC(=O)O. The normalized spacial score (nSPS) is 39.8. The second-order valence-corrected chi connectivity index (χ2v) is 42.8. The van der Waals surface area contributed by atoms with Crippen LogP contribution in [-0.2, 0) is 114 Å². The highest BCUT2D eigenvalue weighted by Crippen LogP contribution is 2.43. The molecule has 0 spiro atoms. The van der Waals surface area contributed by atoms with Crippen molar-refractivity contribution in [3.63, 3.8) is 0 Å². The van der Waals surface area contributed by atoms with Gasteiger partial charge >= 0.3 is 47.8 Å². The van der Waals surface area contributed by atoms with Gasteiger partial charge in [0.15, 0.2) is 50.3 Å². The lowest BCUT2D eigenvalue weighted by Gasteiger charge is -2.51. The summed E-state index contributed by atoms with van der Waals surface area (Å²) in [5.41, 5.74) is 0. The molecule has 30 aliphatic rings. The molecule has 0 aromatic rings. The minimum absolute atomic E-state index is 0.0622. The second-order valence-electron chi connectivity index (χ2n) is 33.6. The summed E-state index contributed by atoms with van der Waals surface area (Å²) in [7, 11) is 0. The van der Waals surface area contributed by atoms with E-state index in [-0.39, 0.29) is 195 Å². The molecule has 48 nitrogen and oxygen atoms in total. The Morgan fingerprint density at radius 2 is 0.250 bits per heavy atom. The zero-order valence-electron chi connectivity index (χ0n) is 73.5. The number of aliphatic hydroxyl groups excluding tert-OH is 16. The summed E-state index contributed by atoms with van der Waals surface area (Å²) in [4.78, 5) is 93.5. The van der Waals surface area contributed by atoms with Crippen molar-refractivity contribution in [2.45, 2.75) is 348 Å². The van der Waals surface area contributed by atoms with Crippen LogP contribution in [0.3, 0.4) is 0 Å². The molecule has 0 aromatic carbocycles. The van der Waals surface area contributed by atoms with Crippen LogP contribution in [0.15, 0.2) is 0 Å². The van der Waals surface area contributed by atoms with Gasteiger partial charge in [-0.05, 0) is 97.4 Å². The molecule has 30 aliphatic heterocycles. The Bertz CT molecular complexity index is 2960. The lowest BCUT2D eigenvalue weighted by molar-refractivity contribution is -0.396. The first kappa shape index (κ1) is 117. The van der Waals surface area contributed by atoms with Gasteiger partial charge in [-0.15, -0.1) is 0 Å². The molecule has 30 rings (SSSR count). The van der Waals surface area contributed by atoms with Crippen molar-refractivity contribution >= 4 is 142 Å². The average Bonchev–Trinajstić information content (AvgIpc) is 0.763. The standard InChI is InChI=1S/C80H128O48S8/c81-41(82)9-1-17-129-25-33-65-49(97)57(105)73(113-33)122-66-34(26-130-18-2-10-42(83)84)115-75(59(107)51(66)99)124-68-36(28-132-20-4-12-44(87)88)117-77(61(109)53(68)101)126-70-38(30-134-22-6-14-46(91)92)119-79(63(111)55(70)103)128-72-40(32-136-24-8-16-48(95)96)120-80(64(112)56(72)104)127-71-39(31-135-23-7-15-47(93)94)118-78(62(110)54(71)102)125-69-37(29-133-21-5-13-45(89)90)116-76(60(108)52(69)100)123-67-35(27-131-19-3-11-43(85)86)114-74(121-65)58(106)50(67)98/h33-40,49-80,97-112H,1-32H2,(H,81,82)(H,83,84)(H,85,86)(H,87,88)(H,89,90)(H,91,92)(H,93,94)(H,95,96)/t33-,34-,35-,36-,37-,38-,39-,40-,49-,50-,51-,52-,53-,54-,55-,56-,57-,58-,59-,60-,61-,62-,63-,64+,65-,66-,67-,68-,69-,70-,71-,72-,73-,74-,75-,76-,77-,78-,79-,80-/m0/s1. The Morgan fingerprint density at radius 3 is 0.338 bits per heavy atom. The zero-order valence-corrected chi connectivity index (χ0v) is 80.1. The Morgan fingerprint density at radius 1 is 0.154 bits per heavy atom. The van der Waals surface area contributed by atoms with Crippen molar-refractivity contribution in [1.82, 2.24) is 0 Å². The van der Waals surface area contributed by atoms with Crippen molar-refractivity contribution in [2.24, 2.45) is 0 Å². The highest BCUT2D eigenvalue weighted by molar-refractivity contribution is 8.00. The molecule has 0 amide bonds. The minimum atomic E-state index is -2.28. The zero-order chi connectivity index (χ0) is 99.3. The third kappa shape index (κ3) is 34.7. The van der Waals surface area contributed by atoms with Gasteiger partial charge in [0.1, 0.15) is 146 Å². The maximum Gasteiger partial charge on any atom is 0.303 e. The summed E-state index contributed by atoms with van der Waals surface area (Å²) in [5, 5.41) is 274. The fourth-order valence-electron chi connectivity index (χ4n) is 16.0. The third-order valence-corrected chi connectivity index (χ3v) is 32.3. The minimum Gasteiger partial charge on any atom is -0.481 e. The molecule has 24 N–H and O–H groups in total. The maximum absolute atomic E-state index is 12.4. The van der Waals surface area contributed by atoms with Crippen molar-refractivity contribution in [3.05, 3.63) is 0 Å². The lowest BCUT2D eigenvalue weighted by Crippen LogP contribution is -2.69. The first-order valence-electron chi connectivity index (χ1n) is 44.5. The Kier molecular flexibility index (Phi) is 50.3. The van der Waals surface area contributed by atoms with Crippen LogP contribution in [0.2, 0.25) is 0 Å². The number of carboxylic acids is 8. The van der Waals surface area contributed by atoms with Gasteiger partial charge in [-0.3, -0.25) is 38.4 Å². The molecular weight excluding hydrogens is 1990 g/mol. The van der Waals surface area contributed by atoms with Gasteiger partial charge in [0.2, 0.25) is 0 Å². The molecule has 0 unspecified atom stereocenters. The van der Waals surface area contributed by atoms with Crippen LogP contribution in [0.4, 0.5) is 0 Å². The molecule has 40 atom stereocenters. The predicted molar refractivity (Wildman–Crippen MR) is 478 cm³/mol. The summed E-state index contributed by atoms with van der Waals surface area (Å²) in [5.74, 6) is -10.7. The average molecular weight is 2110 g/mol. The van der Waals surface area contributed by atoms with E-state index in [0.717, 1.165) is 94.1 Å². The number of aliphatic carboxylic acids is 8. The molecular formula is C80H128O48S8. The molecule has 30 fully saturated rings. The number of aliphatic hydroxyl groups is 16. The van der Waals surface area contributed by atoms with Crippen LogP contribution in [-0.4, -0.2) is 508 Å². The molecule has 0 aromatic heterocycles. The van der Waals surface area contributed by atoms with E-state index in [1.54, 1.807) is 0 Å². The molecule has 136 heavy (non-hydrogen) atoms. The summed E-state index contributed by atoms with van der Waals surface area (Å²) in [6.45, 7) is 0. The van der Waals surface area contributed by atoms with E-state index in [1.807, 2.05) is 0 Å². The van der Waals surface area contributed by atoms with Gasteiger partial charge in [-0.2, -0.15) is 94.1 Å². The largest absolute Gasteiger partial charge is 0.481 e. The predicted octanol–water partition coefficient (Wildman–Crippen LogP) is -4.56. The first-order chi connectivity index (χ1) is 64.7. The number of rotatable bonds is 48. The molecule has 0 aliphatic carbocycles. The van der Waals surface area contributed by atoms with Crippen molar-refractivity contribution in [1.29, 1.82) is 0 Å². The fraction of sp³-hybridized carbons (Fsp3) is 0.900. The monoisotopic (exact) mass is 2110 g/mol. The Labute approximate surface area is 814 Å². The van der Waals surface area contributed by atoms with Gasteiger partial charge in [0.25, 0.3) is 0 Å². The smallest absolute Gasteiger partial charge is 0.303 e. The van der Waals surface area contributed by atoms with Crippen LogP contribution in [0.5, 0.6) is 0 Å². The highest BCUT2D eigenvalue weighted by atomic mass is 32.2. The van der Waals surface area contributed by atoms with Crippen LogP contribution in [0.1, 0.15) is 103 Å². The quantitative estimate of drug-likeness (QED) is 0.0255. The summed E-state index contributed by atoms with van der Waals surface area (Å²) in [6, 6.07) is 0. The number of carboxylic acid groups (broad SMARTS) is 8. The third-order valence-electron chi connectivity index (χ3n) is 23.1. The Balaban J connectivity index is 1.13. The summed E-state index contributed by atoms with van der Waals surface area (Å²) < 4.78 is 102. The molecule has 56 heteroatoms. The van der Waals surface area contributed by atoms with E-state index in [0.29, 0.717) is 0 Å². The van der Waals surface area contributed by atoms with E-state index < -0.39 is 293 Å². The highest BCUT2D eigenvalue weighted by Gasteiger charge is 2.61. The number of ether oxygens (including phenoxy) is 16. The molecule has 0 saturated carbocycles. The number of carbonyl (C=O) groups is 8. The van der Waals surface area contributed by atoms with Crippen molar-refractivity contribution in [3.8, 4) is 0 Å². The first-order valence-corrected chi connectivity index (χ1v) is 53.7. The van der Waals surface area contributed by atoms with Crippen LogP contribution < -0.4 is 0 Å². The molecule has 0 radical (unpaired) electrons. The molecule has 30 saturated heterocycles. The lowest BCUT2D eigenvalue weighted by atomic mass is 9.95. The summed E-state index contributed by atoms with van der Waals surface area (Å²) in [6.07, 6.45) is -81.9. The molecule has 784 valence electrons. The number of hydrogen-bond acceptors (Lipinski definition) is 48. The van der Waals surface area contributed by atoms with Gasteiger partial charge in [0, 0.05) is 97.4 Å². The van der Waals surface area contributed by atoms with Gasteiger partial charge < -0.3 is 198 Å². The van der Waals surface area contributed by atoms with Gasteiger partial charge in [0.05, 0.1) is 48.8 Å². The second kappa shape index (κ2) is 58.6. The van der Waals surface area contributed by atoms with Crippen LogP contribution in [0.25, 0.3) is 0 Å².